The molecule has 6 nitrogen and oxygen atoms in total. The Morgan fingerprint density at radius 2 is 1.75 bits per heavy atom. The van der Waals surface area contributed by atoms with Crippen molar-refractivity contribution < 1.29 is 22.7 Å². The van der Waals surface area contributed by atoms with E-state index in [1.54, 1.807) is 24.3 Å². The van der Waals surface area contributed by atoms with E-state index in [0.29, 0.717) is 22.6 Å². The lowest BCUT2D eigenvalue weighted by atomic mass is 10.1. The number of methoxy groups -OCH3 is 2. The highest BCUT2D eigenvalue weighted by Gasteiger charge is 2.15. The third-order valence-corrected chi connectivity index (χ3v) is 4.60. The number of sulfonamides is 1. The van der Waals surface area contributed by atoms with Gasteiger partial charge in [0.25, 0.3) is 0 Å². The highest BCUT2D eigenvalue weighted by atomic mass is 32.2. The van der Waals surface area contributed by atoms with Gasteiger partial charge >= 0.3 is 5.97 Å². The molecule has 0 aromatic heterocycles. The zero-order valence-electron chi connectivity index (χ0n) is 13.7. The second-order valence-electron chi connectivity index (χ2n) is 5.25. The summed E-state index contributed by atoms with van der Waals surface area (Å²) in [5.74, 6) is -0.233. The molecule has 0 unspecified atom stereocenters. The van der Waals surface area contributed by atoms with Crippen LogP contribution in [0.25, 0.3) is 0 Å². The monoisotopic (exact) mass is 349 g/mol. The van der Waals surface area contributed by atoms with E-state index in [4.69, 9.17) is 4.74 Å². The summed E-state index contributed by atoms with van der Waals surface area (Å²) in [4.78, 5) is 11.4. The molecule has 0 fully saturated rings. The average molecular weight is 349 g/mol. The van der Waals surface area contributed by atoms with Crippen LogP contribution in [-0.4, -0.2) is 28.6 Å². The van der Waals surface area contributed by atoms with Crippen LogP contribution in [-0.2, 0) is 20.5 Å². The summed E-state index contributed by atoms with van der Waals surface area (Å²) in [6.45, 7) is 1.86. The maximum Gasteiger partial charge on any atom is 0.337 e. The van der Waals surface area contributed by atoms with Gasteiger partial charge in [0.1, 0.15) is 5.75 Å². The number of hydrogen-bond donors (Lipinski definition) is 1. The lowest BCUT2D eigenvalue weighted by molar-refractivity contribution is 0.0600. The molecule has 0 aliphatic rings. The Morgan fingerprint density at radius 3 is 2.33 bits per heavy atom. The number of anilines is 1. The highest BCUT2D eigenvalue weighted by molar-refractivity contribution is 7.91. The first kappa shape index (κ1) is 17.8. The topological polar surface area (TPSA) is 81.7 Å². The molecular formula is C17H19NO5S. The number of hydrogen-bond acceptors (Lipinski definition) is 5. The van der Waals surface area contributed by atoms with Crippen molar-refractivity contribution in [2.45, 2.75) is 12.7 Å². The first-order valence-electron chi connectivity index (χ1n) is 7.17. The van der Waals surface area contributed by atoms with Crippen LogP contribution >= 0.6 is 0 Å². The van der Waals surface area contributed by atoms with Crippen LogP contribution in [0.5, 0.6) is 5.75 Å². The first-order valence-corrected chi connectivity index (χ1v) is 8.82. The van der Waals surface area contributed by atoms with E-state index >= 15 is 0 Å². The molecule has 0 saturated carbocycles. The van der Waals surface area contributed by atoms with Crippen LogP contribution in [0.3, 0.4) is 0 Å². The Kier molecular flexibility index (Phi) is 5.46. The number of carbonyl (C=O) groups excluding carboxylic acids is 1. The summed E-state index contributed by atoms with van der Waals surface area (Å²) >= 11 is 0. The largest absolute Gasteiger partial charge is 0.495 e. The van der Waals surface area contributed by atoms with E-state index < -0.39 is 16.0 Å². The Hall–Kier alpha value is -2.54. The van der Waals surface area contributed by atoms with E-state index in [1.807, 2.05) is 13.0 Å². The molecule has 2 rings (SSSR count). The zero-order chi connectivity index (χ0) is 17.7. The number of benzene rings is 2. The van der Waals surface area contributed by atoms with Crippen molar-refractivity contribution in [3.05, 3.63) is 59.2 Å². The Morgan fingerprint density at radius 1 is 1.08 bits per heavy atom. The van der Waals surface area contributed by atoms with E-state index in [2.05, 4.69) is 9.46 Å². The van der Waals surface area contributed by atoms with Gasteiger partial charge < -0.3 is 9.47 Å². The van der Waals surface area contributed by atoms with Gasteiger partial charge in [-0.2, -0.15) is 0 Å². The minimum atomic E-state index is -3.62. The van der Waals surface area contributed by atoms with Gasteiger partial charge in [0.2, 0.25) is 10.0 Å². The summed E-state index contributed by atoms with van der Waals surface area (Å²) in [6.07, 6.45) is 0. The van der Waals surface area contributed by atoms with Crippen molar-refractivity contribution in [3.63, 3.8) is 0 Å². The van der Waals surface area contributed by atoms with Gasteiger partial charge in [0, 0.05) is 0 Å². The van der Waals surface area contributed by atoms with Gasteiger partial charge in [-0.25, -0.2) is 13.2 Å². The van der Waals surface area contributed by atoms with Gasteiger partial charge in [-0.3, -0.25) is 4.72 Å². The normalized spacial score (nSPS) is 11.0. The van der Waals surface area contributed by atoms with Crippen molar-refractivity contribution in [1.82, 2.24) is 0 Å². The van der Waals surface area contributed by atoms with Crippen LogP contribution in [0, 0.1) is 6.92 Å². The average Bonchev–Trinajstić information content (AvgIpc) is 2.54. The predicted molar refractivity (Wildman–Crippen MR) is 91.8 cm³/mol. The second kappa shape index (κ2) is 7.35. The molecule has 2 aromatic carbocycles. The SMILES string of the molecule is COC(=O)c1ccc(CS(=O)(=O)Nc2cc(C)ccc2OC)cc1. The van der Waals surface area contributed by atoms with E-state index in [9.17, 15) is 13.2 Å². The molecule has 24 heavy (non-hydrogen) atoms. The molecule has 0 saturated heterocycles. The maximum absolute atomic E-state index is 12.4. The van der Waals surface area contributed by atoms with Crippen molar-refractivity contribution in [3.8, 4) is 5.75 Å². The molecule has 1 N–H and O–H groups in total. The van der Waals surface area contributed by atoms with Crippen LogP contribution in [0.2, 0.25) is 0 Å². The maximum atomic E-state index is 12.4. The second-order valence-corrected chi connectivity index (χ2v) is 6.98. The van der Waals surface area contributed by atoms with Gasteiger partial charge in [0.05, 0.1) is 31.2 Å². The fraction of sp³-hybridized carbons (Fsp3) is 0.235. The number of aryl methyl sites for hydroxylation is 1. The van der Waals surface area contributed by atoms with E-state index in [0.717, 1.165) is 5.56 Å². The van der Waals surface area contributed by atoms with Gasteiger partial charge in [-0.1, -0.05) is 18.2 Å². The summed E-state index contributed by atoms with van der Waals surface area (Å²) < 4.78 is 37.0. The summed E-state index contributed by atoms with van der Waals surface area (Å²) in [7, 11) is -0.850. The third kappa shape index (κ3) is 4.48. The molecular weight excluding hydrogens is 330 g/mol. The molecule has 0 heterocycles. The summed E-state index contributed by atoms with van der Waals surface area (Å²) in [6, 6.07) is 11.5. The number of carbonyl (C=O) groups is 1. The quantitative estimate of drug-likeness (QED) is 0.811. The number of ether oxygens (including phenoxy) is 2. The summed E-state index contributed by atoms with van der Waals surface area (Å²) in [5, 5.41) is 0. The molecule has 0 radical (unpaired) electrons. The fourth-order valence-corrected chi connectivity index (χ4v) is 3.38. The predicted octanol–water partition coefficient (Wildman–Crippen LogP) is 2.73. The zero-order valence-corrected chi connectivity index (χ0v) is 14.5. The number of nitrogens with one attached hydrogen (secondary N) is 1. The fourth-order valence-electron chi connectivity index (χ4n) is 2.18. The molecule has 128 valence electrons. The number of rotatable bonds is 6. The molecule has 0 spiro atoms. The molecule has 0 bridgehead atoms. The summed E-state index contributed by atoms with van der Waals surface area (Å²) in [5.41, 5.74) is 2.23. The van der Waals surface area contributed by atoms with Crippen molar-refractivity contribution in [2.24, 2.45) is 0 Å². The lowest BCUT2D eigenvalue weighted by Crippen LogP contribution is -2.16. The van der Waals surface area contributed by atoms with E-state index in [-0.39, 0.29) is 5.75 Å². The van der Waals surface area contributed by atoms with E-state index in [1.165, 1.54) is 26.4 Å². The number of esters is 1. The van der Waals surface area contributed by atoms with Gasteiger partial charge in [-0.15, -0.1) is 0 Å². The van der Waals surface area contributed by atoms with Crippen molar-refractivity contribution in [1.29, 1.82) is 0 Å². The standard InChI is InChI=1S/C17H19NO5S/c1-12-4-9-16(22-2)15(10-12)18-24(20,21)11-13-5-7-14(8-6-13)17(19)23-3/h4-10,18H,11H2,1-3H3. The molecule has 0 aliphatic carbocycles. The van der Waals surface area contributed by atoms with Gasteiger partial charge in [0.15, 0.2) is 0 Å². The van der Waals surface area contributed by atoms with Crippen LogP contribution < -0.4 is 9.46 Å². The lowest BCUT2D eigenvalue weighted by Gasteiger charge is -2.12. The van der Waals surface area contributed by atoms with Gasteiger partial charge in [-0.05, 0) is 42.3 Å². The van der Waals surface area contributed by atoms with Crippen molar-refractivity contribution in [2.75, 3.05) is 18.9 Å². The third-order valence-electron chi connectivity index (χ3n) is 3.35. The minimum Gasteiger partial charge on any atom is -0.495 e. The van der Waals surface area contributed by atoms with Crippen LogP contribution in [0.4, 0.5) is 5.69 Å². The Balaban J connectivity index is 2.17. The highest BCUT2D eigenvalue weighted by Crippen LogP contribution is 2.26. The van der Waals surface area contributed by atoms with Crippen molar-refractivity contribution >= 4 is 21.7 Å². The molecule has 0 aliphatic heterocycles. The molecule has 0 amide bonds. The molecule has 0 atom stereocenters. The van der Waals surface area contributed by atoms with Crippen LogP contribution in [0.1, 0.15) is 21.5 Å². The molecule has 7 heteroatoms. The smallest absolute Gasteiger partial charge is 0.337 e. The Labute approximate surface area is 141 Å². The van der Waals surface area contributed by atoms with Crippen LogP contribution in [0.15, 0.2) is 42.5 Å². The Bertz CT molecular complexity index is 829. The molecule has 2 aromatic rings. The minimum absolute atomic E-state index is 0.217. The first-order chi connectivity index (χ1) is 11.3.